The topological polar surface area (TPSA) is 26.3 Å². The summed E-state index contributed by atoms with van der Waals surface area (Å²) in [5.41, 5.74) is 1.22. The number of carbonyl (C=O) groups excluding carboxylic acids is 1. The molecule has 0 unspecified atom stereocenters. The summed E-state index contributed by atoms with van der Waals surface area (Å²) in [6, 6.07) is 10.7. The molecule has 0 spiro atoms. The van der Waals surface area contributed by atoms with Gasteiger partial charge in [0.25, 0.3) is 0 Å². The summed E-state index contributed by atoms with van der Waals surface area (Å²) in [6.45, 7) is 2.10. The van der Waals surface area contributed by atoms with Crippen LogP contribution in [0.5, 0.6) is 0 Å². The van der Waals surface area contributed by atoms with Crippen molar-refractivity contribution < 1.29 is 9.53 Å². The minimum absolute atomic E-state index is 0.0651. The average molecular weight is 300 g/mol. The van der Waals surface area contributed by atoms with Gasteiger partial charge in [-0.05, 0) is 56.9 Å². The lowest BCUT2D eigenvalue weighted by Gasteiger charge is -2.35. The van der Waals surface area contributed by atoms with Crippen LogP contribution in [0.3, 0.4) is 0 Å². The van der Waals surface area contributed by atoms with E-state index >= 15 is 0 Å². The van der Waals surface area contributed by atoms with Gasteiger partial charge in [-0.15, -0.1) is 0 Å². The van der Waals surface area contributed by atoms with Crippen molar-refractivity contribution in [3.05, 3.63) is 35.9 Å². The molecule has 0 amide bonds. The first-order chi connectivity index (χ1) is 10.7. The second kappa shape index (κ2) is 6.85. The van der Waals surface area contributed by atoms with E-state index in [1.54, 1.807) is 0 Å². The first-order valence-electron chi connectivity index (χ1n) is 8.93. The minimum Gasteiger partial charge on any atom is -0.462 e. The Balaban J connectivity index is 1.50. The summed E-state index contributed by atoms with van der Waals surface area (Å²) < 4.78 is 5.88. The second-order valence-corrected chi connectivity index (χ2v) is 7.41. The van der Waals surface area contributed by atoms with Crippen molar-refractivity contribution in [2.45, 2.75) is 76.7 Å². The van der Waals surface area contributed by atoms with Gasteiger partial charge >= 0.3 is 5.97 Å². The molecule has 2 saturated carbocycles. The van der Waals surface area contributed by atoms with Gasteiger partial charge in [0, 0.05) is 0 Å². The van der Waals surface area contributed by atoms with E-state index in [-0.39, 0.29) is 17.5 Å². The first kappa shape index (κ1) is 15.6. The van der Waals surface area contributed by atoms with E-state index < -0.39 is 0 Å². The van der Waals surface area contributed by atoms with Crippen LogP contribution >= 0.6 is 0 Å². The maximum Gasteiger partial charge on any atom is 0.312 e. The molecule has 0 heterocycles. The van der Waals surface area contributed by atoms with Gasteiger partial charge in [-0.1, -0.05) is 49.6 Å². The van der Waals surface area contributed by atoms with Gasteiger partial charge in [0.2, 0.25) is 0 Å². The van der Waals surface area contributed by atoms with Crippen molar-refractivity contribution in [2.24, 2.45) is 5.41 Å². The molecular formula is C20H28O2. The zero-order valence-electron chi connectivity index (χ0n) is 13.7. The van der Waals surface area contributed by atoms with Crippen molar-refractivity contribution in [1.82, 2.24) is 0 Å². The molecule has 2 aliphatic rings. The summed E-state index contributed by atoms with van der Waals surface area (Å²) >= 11 is 0. The maximum absolute atomic E-state index is 12.5. The third kappa shape index (κ3) is 3.53. The fourth-order valence-electron chi connectivity index (χ4n) is 4.07. The van der Waals surface area contributed by atoms with Gasteiger partial charge in [-0.2, -0.15) is 0 Å². The van der Waals surface area contributed by atoms with Gasteiger partial charge in [0.15, 0.2) is 0 Å². The van der Waals surface area contributed by atoms with E-state index in [0.717, 1.165) is 38.5 Å². The number of carbonyl (C=O) groups is 1. The van der Waals surface area contributed by atoms with E-state index in [2.05, 4.69) is 37.3 Å². The highest BCUT2D eigenvalue weighted by molar-refractivity contribution is 5.76. The van der Waals surface area contributed by atoms with Crippen LogP contribution in [0.15, 0.2) is 30.3 Å². The van der Waals surface area contributed by atoms with Gasteiger partial charge in [-0.25, -0.2) is 0 Å². The van der Waals surface area contributed by atoms with Crippen LogP contribution < -0.4 is 0 Å². The molecule has 1 aromatic carbocycles. The molecule has 2 heteroatoms. The van der Waals surface area contributed by atoms with Crippen molar-refractivity contribution in [3.63, 3.8) is 0 Å². The summed E-state index contributed by atoms with van der Waals surface area (Å²) in [6.07, 6.45) is 10.1. The molecular weight excluding hydrogens is 272 g/mol. The number of rotatable bonds is 3. The largest absolute Gasteiger partial charge is 0.462 e. The second-order valence-electron chi connectivity index (χ2n) is 7.41. The highest BCUT2D eigenvalue weighted by Gasteiger charge is 2.37. The van der Waals surface area contributed by atoms with Gasteiger partial charge in [0.1, 0.15) is 6.10 Å². The number of benzene rings is 1. The Kier molecular flexibility index (Phi) is 4.85. The molecule has 1 aromatic rings. The molecule has 2 aliphatic carbocycles. The van der Waals surface area contributed by atoms with Crippen molar-refractivity contribution in [3.8, 4) is 0 Å². The average Bonchev–Trinajstić information content (AvgIpc) is 2.57. The zero-order chi connectivity index (χ0) is 15.4. The van der Waals surface area contributed by atoms with Crippen LogP contribution in [0.2, 0.25) is 0 Å². The monoisotopic (exact) mass is 300 g/mol. The van der Waals surface area contributed by atoms with Crippen LogP contribution in [-0.2, 0) is 9.53 Å². The Morgan fingerprint density at radius 2 is 1.64 bits per heavy atom. The lowest BCUT2D eigenvalue weighted by molar-refractivity contribution is -0.164. The normalized spacial score (nSPS) is 28.0. The third-order valence-electron chi connectivity index (χ3n) is 5.67. The van der Waals surface area contributed by atoms with Crippen LogP contribution in [0, 0.1) is 5.41 Å². The molecule has 0 saturated heterocycles. The van der Waals surface area contributed by atoms with E-state index in [1.807, 2.05) is 0 Å². The third-order valence-corrected chi connectivity index (χ3v) is 5.67. The Hall–Kier alpha value is -1.31. The Morgan fingerprint density at radius 1 is 1.00 bits per heavy atom. The Morgan fingerprint density at radius 3 is 2.27 bits per heavy atom. The highest BCUT2D eigenvalue weighted by Crippen LogP contribution is 2.39. The minimum atomic E-state index is -0.214. The number of hydrogen-bond acceptors (Lipinski definition) is 2. The fourth-order valence-corrected chi connectivity index (χ4v) is 4.07. The molecule has 0 aliphatic heterocycles. The Bertz CT molecular complexity index is 480. The Labute approximate surface area is 134 Å². The summed E-state index contributed by atoms with van der Waals surface area (Å²) in [5.74, 6) is 0.705. The molecule has 3 rings (SSSR count). The summed E-state index contributed by atoms with van der Waals surface area (Å²) in [4.78, 5) is 12.5. The standard InChI is InChI=1S/C20H28O2/c1-20(14-6-3-7-15-20)19(21)22-18-12-10-17(11-13-18)16-8-4-2-5-9-16/h2,4-5,8-9,17-18H,3,6-7,10-15H2,1H3. The summed E-state index contributed by atoms with van der Waals surface area (Å²) in [5, 5.41) is 0. The van der Waals surface area contributed by atoms with E-state index in [9.17, 15) is 4.79 Å². The molecule has 0 N–H and O–H groups in total. The number of esters is 1. The molecule has 2 nitrogen and oxygen atoms in total. The van der Waals surface area contributed by atoms with Crippen LogP contribution in [0.1, 0.15) is 76.2 Å². The van der Waals surface area contributed by atoms with Gasteiger partial charge in [-0.3, -0.25) is 4.79 Å². The lowest BCUT2D eigenvalue weighted by atomic mass is 9.75. The maximum atomic E-state index is 12.5. The van der Waals surface area contributed by atoms with Crippen LogP contribution in [-0.4, -0.2) is 12.1 Å². The zero-order valence-corrected chi connectivity index (χ0v) is 13.7. The fraction of sp³-hybridized carbons (Fsp3) is 0.650. The summed E-state index contributed by atoms with van der Waals surface area (Å²) in [7, 11) is 0. The molecule has 0 atom stereocenters. The number of ether oxygens (including phenoxy) is 1. The SMILES string of the molecule is CC1(C(=O)OC2CCC(c3ccccc3)CC2)CCCCC1. The van der Waals surface area contributed by atoms with Crippen molar-refractivity contribution in [2.75, 3.05) is 0 Å². The van der Waals surface area contributed by atoms with E-state index in [0.29, 0.717) is 5.92 Å². The number of hydrogen-bond donors (Lipinski definition) is 0. The highest BCUT2D eigenvalue weighted by atomic mass is 16.5. The molecule has 0 bridgehead atoms. The molecule has 2 fully saturated rings. The van der Waals surface area contributed by atoms with Crippen molar-refractivity contribution >= 4 is 5.97 Å². The van der Waals surface area contributed by atoms with Gasteiger partial charge < -0.3 is 4.74 Å². The van der Waals surface area contributed by atoms with E-state index in [4.69, 9.17) is 4.74 Å². The quantitative estimate of drug-likeness (QED) is 0.715. The van der Waals surface area contributed by atoms with Crippen LogP contribution in [0.25, 0.3) is 0 Å². The lowest BCUT2D eigenvalue weighted by Crippen LogP contribution is -2.35. The molecule has 0 aromatic heterocycles. The van der Waals surface area contributed by atoms with E-state index in [1.165, 1.54) is 24.8 Å². The molecule has 0 radical (unpaired) electrons. The molecule has 22 heavy (non-hydrogen) atoms. The van der Waals surface area contributed by atoms with Crippen molar-refractivity contribution in [1.29, 1.82) is 0 Å². The smallest absolute Gasteiger partial charge is 0.312 e. The van der Waals surface area contributed by atoms with Gasteiger partial charge in [0.05, 0.1) is 5.41 Å². The predicted molar refractivity (Wildman–Crippen MR) is 88.7 cm³/mol. The first-order valence-corrected chi connectivity index (χ1v) is 8.93. The molecule has 120 valence electrons. The predicted octanol–water partition coefficient (Wildman–Crippen LogP) is 5.23. The van der Waals surface area contributed by atoms with Crippen LogP contribution in [0.4, 0.5) is 0 Å².